The minimum absolute atomic E-state index is 0.108. The predicted molar refractivity (Wildman–Crippen MR) is 94.1 cm³/mol. The molecule has 3 aromatic rings. The van der Waals surface area contributed by atoms with Crippen molar-refractivity contribution in [1.82, 2.24) is 4.98 Å². The molecule has 0 saturated carbocycles. The van der Waals surface area contributed by atoms with E-state index in [1.807, 2.05) is 36.4 Å². The quantitative estimate of drug-likeness (QED) is 0.693. The summed E-state index contributed by atoms with van der Waals surface area (Å²) in [6.07, 6.45) is 2.28. The molecule has 0 aliphatic rings. The normalized spacial score (nSPS) is 10.3. The lowest BCUT2D eigenvalue weighted by Crippen LogP contribution is -2.02. The lowest BCUT2D eigenvalue weighted by molar-refractivity contribution is 0.111. The summed E-state index contributed by atoms with van der Waals surface area (Å²) in [7, 11) is 1.61. The average molecular weight is 335 g/mol. The molecule has 0 bridgehead atoms. The molecular formula is C20H17NO4. The molecule has 0 radical (unpaired) electrons. The summed E-state index contributed by atoms with van der Waals surface area (Å²) in [5, 5.41) is 9.75. The number of rotatable bonds is 6. The van der Waals surface area contributed by atoms with Crippen molar-refractivity contribution >= 4 is 6.29 Å². The molecule has 5 nitrogen and oxygen atoms in total. The lowest BCUT2D eigenvalue weighted by Gasteiger charge is -2.14. The number of benzene rings is 2. The van der Waals surface area contributed by atoms with Crippen LogP contribution in [0.15, 0.2) is 60.8 Å². The van der Waals surface area contributed by atoms with Crippen molar-refractivity contribution in [2.45, 2.75) is 6.61 Å². The maximum absolute atomic E-state index is 11.2. The number of phenolic OH excluding ortho intramolecular Hbond substituents is 1. The maximum atomic E-state index is 11.2. The smallest absolute Gasteiger partial charge is 0.157 e. The molecule has 126 valence electrons. The molecule has 0 atom stereocenters. The molecule has 0 aliphatic carbocycles. The molecule has 1 heterocycles. The number of aromatic nitrogens is 1. The fraction of sp³-hybridized carbons (Fsp3) is 0.100. The van der Waals surface area contributed by atoms with E-state index in [4.69, 9.17) is 9.47 Å². The molecule has 0 unspecified atom stereocenters. The van der Waals surface area contributed by atoms with Crippen molar-refractivity contribution < 1.29 is 19.4 Å². The number of hydrogen-bond acceptors (Lipinski definition) is 5. The summed E-state index contributed by atoms with van der Waals surface area (Å²) in [5.41, 5.74) is 2.57. The van der Waals surface area contributed by atoms with Gasteiger partial charge in [0.15, 0.2) is 6.29 Å². The second-order valence-corrected chi connectivity index (χ2v) is 5.31. The van der Waals surface area contributed by atoms with E-state index in [2.05, 4.69) is 4.98 Å². The van der Waals surface area contributed by atoms with Crippen LogP contribution in [-0.2, 0) is 6.61 Å². The van der Waals surface area contributed by atoms with Crippen molar-refractivity contribution in [3.05, 3.63) is 71.9 Å². The monoisotopic (exact) mass is 335 g/mol. The standard InChI is InChI=1S/C20H17NO4/c1-24-18-9-3-2-7-15(18)20-14(6-5-11-21-20)13-25-19-10-4-8-17(23)16(19)12-22/h2-12,23H,13H2,1H3. The highest BCUT2D eigenvalue weighted by Gasteiger charge is 2.13. The van der Waals surface area contributed by atoms with E-state index in [1.165, 1.54) is 6.07 Å². The number of aldehydes is 1. The topological polar surface area (TPSA) is 68.7 Å². The van der Waals surface area contributed by atoms with E-state index in [0.29, 0.717) is 17.8 Å². The fourth-order valence-electron chi connectivity index (χ4n) is 2.57. The minimum atomic E-state index is -0.108. The number of phenols is 1. The minimum Gasteiger partial charge on any atom is -0.507 e. The highest BCUT2D eigenvalue weighted by Crippen LogP contribution is 2.32. The van der Waals surface area contributed by atoms with Gasteiger partial charge in [0.2, 0.25) is 0 Å². The van der Waals surface area contributed by atoms with Gasteiger partial charge in [0.1, 0.15) is 23.9 Å². The van der Waals surface area contributed by atoms with E-state index in [9.17, 15) is 9.90 Å². The first-order chi connectivity index (χ1) is 12.2. The van der Waals surface area contributed by atoms with Gasteiger partial charge in [0, 0.05) is 17.3 Å². The Hall–Kier alpha value is -3.34. The Bertz CT molecular complexity index is 892. The Balaban J connectivity index is 1.93. The molecule has 0 fully saturated rings. The number of para-hydroxylation sites is 1. The number of carbonyl (C=O) groups is 1. The molecule has 3 rings (SSSR count). The molecule has 1 N–H and O–H groups in total. The summed E-state index contributed by atoms with van der Waals surface area (Å²) in [6.45, 7) is 0.200. The van der Waals surface area contributed by atoms with E-state index in [0.717, 1.165) is 16.8 Å². The van der Waals surface area contributed by atoms with Crippen LogP contribution in [0.2, 0.25) is 0 Å². The number of hydrogen-bond donors (Lipinski definition) is 1. The van der Waals surface area contributed by atoms with Crippen molar-refractivity contribution in [2.75, 3.05) is 7.11 Å². The Labute approximate surface area is 145 Å². The van der Waals surface area contributed by atoms with Gasteiger partial charge in [-0.2, -0.15) is 0 Å². The highest BCUT2D eigenvalue weighted by atomic mass is 16.5. The third-order valence-corrected chi connectivity index (χ3v) is 3.80. The second kappa shape index (κ2) is 7.49. The van der Waals surface area contributed by atoms with E-state index in [1.54, 1.807) is 25.4 Å². The summed E-state index contributed by atoms with van der Waals surface area (Å²) in [6, 6.07) is 16.0. The maximum Gasteiger partial charge on any atom is 0.157 e. The third-order valence-electron chi connectivity index (χ3n) is 3.80. The fourth-order valence-corrected chi connectivity index (χ4v) is 2.57. The summed E-state index contributed by atoms with van der Waals surface area (Å²) >= 11 is 0. The number of aromatic hydroxyl groups is 1. The zero-order valence-electron chi connectivity index (χ0n) is 13.7. The molecule has 25 heavy (non-hydrogen) atoms. The predicted octanol–water partition coefficient (Wildman–Crippen LogP) is 3.85. The molecular weight excluding hydrogens is 318 g/mol. The Kier molecular flexibility index (Phi) is 4.95. The van der Waals surface area contributed by atoms with E-state index < -0.39 is 0 Å². The number of carbonyl (C=O) groups excluding carboxylic acids is 1. The van der Waals surface area contributed by atoms with Gasteiger partial charge in [-0.05, 0) is 30.3 Å². The molecule has 0 spiro atoms. The van der Waals surface area contributed by atoms with Crippen LogP contribution < -0.4 is 9.47 Å². The van der Waals surface area contributed by atoms with Gasteiger partial charge in [-0.3, -0.25) is 9.78 Å². The van der Waals surface area contributed by atoms with Gasteiger partial charge < -0.3 is 14.6 Å². The molecule has 2 aromatic carbocycles. The zero-order valence-corrected chi connectivity index (χ0v) is 13.7. The summed E-state index contributed by atoms with van der Waals surface area (Å²) < 4.78 is 11.2. The highest BCUT2D eigenvalue weighted by molar-refractivity contribution is 5.83. The Morgan fingerprint density at radius 2 is 1.84 bits per heavy atom. The van der Waals surface area contributed by atoms with Crippen LogP contribution in [0.3, 0.4) is 0 Å². The lowest BCUT2D eigenvalue weighted by atomic mass is 10.1. The largest absolute Gasteiger partial charge is 0.507 e. The molecule has 1 aromatic heterocycles. The number of methoxy groups -OCH3 is 1. The molecule has 0 amide bonds. The van der Waals surface area contributed by atoms with Gasteiger partial charge in [-0.15, -0.1) is 0 Å². The van der Waals surface area contributed by atoms with Crippen molar-refractivity contribution in [1.29, 1.82) is 0 Å². The Morgan fingerprint density at radius 3 is 2.64 bits per heavy atom. The van der Waals surface area contributed by atoms with Crippen LogP contribution in [0.5, 0.6) is 17.2 Å². The van der Waals surface area contributed by atoms with E-state index in [-0.39, 0.29) is 17.9 Å². The van der Waals surface area contributed by atoms with Crippen molar-refractivity contribution in [2.24, 2.45) is 0 Å². The van der Waals surface area contributed by atoms with Gasteiger partial charge in [0.05, 0.1) is 18.4 Å². The van der Waals surface area contributed by atoms with Crippen LogP contribution in [-0.4, -0.2) is 23.5 Å². The van der Waals surface area contributed by atoms with Crippen LogP contribution in [0, 0.1) is 0 Å². The van der Waals surface area contributed by atoms with Gasteiger partial charge in [-0.1, -0.05) is 24.3 Å². The zero-order chi connectivity index (χ0) is 17.6. The number of pyridine rings is 1. The van der Waals surface area contributed by atoms with Gasteiger partial charge in [0.25, 0.3) is 0 Å². The van der Waals surface area contributed by atoms with E-state index >= 15 is 0 Å². The first kappa shape index (κ1) is 16.5. The first-order valence-corrected chi connectivity index (χ1v) is 7.72. The number of nitrogens with zero attached hydrogens (tertiary/aromatic N) is 1. The Morgan fingerprint density at radius 1 is 1.04 bits per heavy atom. The van der Waals surface area contributed by atoms with Crippen LogP contribution >= 0.6 is 0 Å². The number of ether oxygens (including phenoxy) is 2. The van der Waals surface area contributed by atoms with Crippen LogP contribution in [0.25, 0.3) is 11.3 Å². The molecule has 0 aliphatic heterocycles. The third kappa shape index (κ3) is 3.45. The molecule has 5 heteroatoms. The summed E-state index contributed by atoms with van der Waals surface area (Å²) in [5.74, 6) is 0.932. The average Bonchev–Trinajstić information content (AvgIpc) is 2.66. The van der Waals surface area contributed by atoms with Crippen LogP contribution in [0.4, 0.5) is 0 Å². The SMILES string of the molecule is COc1ccccc1-c1ncccc1COc1cccc(O)c1C=O. The van der Waals surface area contributed by atoms with Crippen molar-refractivity contribution in [3.8, 4) is 28.5 Å². The first-order valence-electron chi connectivity index (χ1n) is 7.72. The van der Waals surface area contributed by atoms with Gasteiger partial charge in [-0.25, -0.2) is 0 Å². The van der Waals surface area contributed by atoms with Crippen molar-refractivity contribution in [3.63, 3.8) is 0 Å². The summed E-state index contributed by atoms with van der Waals surface area (Å²) in [4.78, 5) is 15.6. The van der Waals surface area contributed by atoms with Gasteiger partial charge >= 0.3 is 0 Å². The molecule has 0 saturated heterocycles. The second-order valence-electron chi connectivity index (χ2n) is 5.31. The van der Waals surface area contributed by atoms with Crippen LogP contribution in [0.1, 0.15) is 15.9 Å².